The van der Waals surface area contributed by atoms with E-state index in [-0.39, 0.29) is 0 Å². The third-order valence-electron chi connectivity index (χ3n) is 11.7. The molecule has 0 N–H and O–H groups in total. The summed E-state index contributed by atoms with van der Waals surface area (Å²) in [6.45, 7) is 0. The van der Waals surface area contributed by atoms with Crippen molar-refractivity contribution in [1.82, 2.24) is 0 Å². The molecule has 9 aromatic carbocycles. The summed E-state index contributed by atoms with van der Waals surface area (Å²) in [5.41, 5.74) is 12.4. The van der Waals surface area contributed by atoms with Crippen molar-refractivity contribution in [1.29, 1.82) is 0 Å². The van der Waals surface area contributed by atoms with E-state index < -0.39 is 0 Å². The van der Waals surface area contributed by atoms with Gasteiger partial charge in [0.05, 0.1) is 0 Å². The van der Waals surface area contributed by atoms with E-state index in [1.807, 2.05) is 17.4 Å². The minimum Gasteiger partial charge on any atom is -0.455 e. The maximum atomic E-state index is 6.46. The van der Waals surface area contributed by atoms with Gasteiger partial charge in [0.25, 0.3) is 0 Å². The van der Waals surface area contributed by atoms with E-state index >= 15 is 0 Å². The van der Waals surface area contributed by atoms with Crippen LogP contribution in [0.5, 0.6) is 0 Å². The van der Waals surface area contributed by atoms with E-state index in [0.29, 0.717) is 0 Å². The van der Waals surface area contributed by atoms with Crippen molar-refractivity contribution in [3.63, 3.8) is 0 Å². The Labute approximate surface area is 316 Å². The smallest absolute Gasteiger partial charge is 0.143 e. The molecule has 2 heterocycles. The van der Waals surface area contributed by atoms with Crippen LogP contribution in [-0.4, -0.2) is 0 Å². The first kappa shape index (κ1) is 30.0. The zero-order valence-electron chi connectivity index (χ0n) is 29.4. The van der Waals surface area contributed by atoms with Gasteiger partial charge in [-0.1, -0.05) is 133 Å². The van der Waals surface area contributed by atoms with Crippen LogP contribution in [0, 0.1) is 0 Å². The quantitative estimate of drug-likeness (QED) is 0.167. The molecule has 252 valence electrons. The molecule has 11 aromatic rings. The van der Waals surface area contributed by atoms with E-state index in [1.165, 1.54) is 108 Å². The summed E-state index contributed by atoms with van der Waals surface area (Å²) in [5, 5.41) is 12.5. The Morgan fingerprint density at radius 1 is 0.444 bits per heavy atom. The zero-order valence-corrected chi connectivity index (χ0v) is 30.2. The van der Waals surface area contributed by atoms with Gasteiger partial charge in [-0.15, -0.1) is 11.3 Å². The molecular weight excluding hydrogens is 673 g/mol. The van der Waals surface area contributed by atoms with Crippen molar-refractivity contribution < 1.29 is 4.42 Å². The summed E-state index contributed by atoms with van der Waals surface area (Å²) in [6.07, 6.45) is 6.75. The van der Waals surface area contributed by atoms with Crippen molar-refractivity contribution >= 4 is 91.8 Å². The number of para-hydroxylation sites is 1. The van der Waals surface area contributed by atoms with Gasteiger partial charge in [0.2, 0.25) is 0 Å². The predicted molar refractivity (Wildman–Crippen MR) is 233 cm³/mol. The number of hydrogen-bond acceptors (Lipinski definition) is 2. The largest absolute Gasteiger partial charge is 0.455 e. The van der Waals surface area contributed by atoms with Crippen molar-refractivity contribution in [3.8, 4) is 33.4 Å². The number of furan rings is 1. The molecule has 0 amide bonds. The summed E-state index contributed by atoms with van der Waals surface area (Å²) in [6, 6.07) is 58.5. The second-order valence-electron chi connectivity index (χ2n) is 14.6. The highest BCUT2D eigenvalue weighted by atomic mass is 32.1. The van der Waals surface area contributed by atoms with Gasteiger partial charge in [-0.25, -0.2) is 0 Å². The third kappa shape index (κ3) is 4.32. The van der Waals surface area contributed by atoms with Gasteiger partial charge in [-0.3, -0.25) is 0 Å². The Bertz CT molecular complexity index is 3330. The normalized spacial score (nSPS) is 13.0. The van der Waals surface area contributed by atoms with Gasteiger partial charge >= 0.3 is 0 Å². The zero-order chi connectivity index (χ0) is 35.3. The average molecular weight is 705 g/mol. The Kier molecular flexibility index (Phi) is 6.40. The van der Waals surface area contributed by atoms with E-state index in [0.717, 1.165) is 24.0 Å². The fourth-order valence-corrected chi connectivity index (χ4v) is 10.5. The van der Waals surface area contributed by atoms with Crippen LogP contribution in [0.2, 0.25) is 0 Å². The van der Waals surface area contributed by atoms with Gasteiger partial charge in [0, 0.05) is 36.3 Å². The fraction of sp³-hybridized carbons (Fsp3) is 0.0385. The number of allylic oxidation sites excluding steroid dienone is 1. The molecule has 1 nitrogen and oxygen atoms in total. The molecule has 0 atom stereocenters. The maximum Gasteiger partial charge on any atom is 0.143 e. The molecule has 0 aliphatic heterocycles. The Hall–Kier alpha value is -6.48. The molecule has 1 aliphatic carbocycles. The first-order valence-electron chi connectivity index (χ1n) is 18.8. The molecule has 54 heavy (non-hydrogen) atoms. The first-order valence-corrected chi connectivity index (χ1v) is 19.6. The molecule has 0 saturated carbocycles. The number of benzene rings is 9. The number of rotatable bonds is 3. The highest BCUT2D eigenvalue weighted by molar-refractivity contribution is 7.26. The average Bonchev–Trinajstić information content (AvgIpc) is 3.81. The molecule has 0 radical (unpaired) electrons. The van der Waals surface area contributed by atoms with Gasteiger partial charge in [0.1, 0.15) is 11.2 Å². The molecule has 1 aliphatic rings. The molecule has 12 rings (SSSR count). The van der Waals surface area contributed by atoms with Gasteiger partial charge in [-0.05, 0) is 121 Å². The summed E-state index contributed by atoms with van der Waals surface area (Å²) in [5.74, 6) is 0. The van der Waals surface area contributed by atoms with Crippen LogP contribution < -0.4 is 0 Å². The lowest BCUT2D eigenvalue weighted by atomic mass is 9.84. The van der Waals surface area contributed by atoms with Crippen LogP contribution in [0.15, 0.2) is 168 Å². The molecule has 2 aromatic heterocycles. The standard InChI is InChI=1S/C52H32OS/c1-2-15-35-31(11-1)12-10-21-36(35)32-13-9-14-33(29-32)49-38-17-3-5-19-40(38)50(41-20-6-4-18-39(41)49)34-23-24-45-48(30-34)54-47-28-27-44-42(51(45)47)25-26-43-37-16-7-8-22-46(37)53-52(43)44/h1,3-14,16-30H,2,15H2. The highest BCUT2D eigenvalue weighted by Gasteiger charge is 2.20. The van der Waals surface area contributed by atoms with Crippen LogP contribution in [0.25, 0.3) is 114 Å². The molecular formula is C52H32OS. The van der Waals surface area contributed by atoms with Crippen LogP contribution >= 0.6 is 11.3 Å². The van der Waals surface area contributed by atoms with Gasteiger partial charge < -0.3 is 4.42 Å². The Morgan fingerprint density at radius 2 is 1.07 bits per heavy atom. The minimum absolute atomic E-state index is 0.936. The first-order chi connectivity index (χ1) is 26.8. The predicted octanol–water partition coefficient (Wildman–Crippen LogP) is 15.4. The molecule has 0 spiro atoms. The highest BCUT2D eigenvalue weighted by Crippen LogP contribution is 2.47. The van der Waals surface area contributed by atoms with Crippen LogP contribution in [0.3, 0.4) is 0 Å². The van der Waals surface area contributed by atoms with Crippen LogP contribution in [0.4, 0.5) is 0 Å². The van der Waals surface area contributed by atoms with Crippen LogP contribution in [0.1, 0.15) is 17.5 Å². The minimum atomic E-state index is 0.936. The van der Waals surface area contributed by atoms with Crippen molar-refractivity contribution in [2.75, 3.05) is 0 Å². The van der Waals surface area contributed by atoms with E-state index in [1.54, 1.807) is 0 Å². The Balaban J connectivity index is 1.06. The monoisotopic (exact) mass is 704 g/mol. The summed E-state index contributed by atoms with van der Waals surface area (Å²) >= 11 is 1.88. The van der Waals surface area contributed by atoms with Crippen molar-refractivity contribution in [2.24, 2.45) is 0 Å². The molecule has 0 fully saturated rings. The summed E-state index contributed by atoms with van der Waals surface area (Å²) < 4.78 is 9.05. The lowest BCUT2D eigenvalue weighted by Gasteiger charge is -2.19. The van der Waals surface area contributed by atoms with Crippen molar-refractivity contribution in [2.45, 2.75) is 12.8 Å². The third-order valence-corrected chi connectivity index (χ3v) is 12.8. The van der Waals surface area contributed by atoms with Crippen molar-refractivity contribution in [3.05, 3.63) is 175 Å². The Morgan fingerprint density at radius 3 is 1.87 bits per heavy atom. The maximum absolute atomic E-state index is 6.46. The topological polar surface area (TPSA) is 13.1 Å². The second kappa shape index (κ2) is 11.5. The van der Waals surface area contributed by atoms with Crippen LogP contribution in [-0.2, 0) is 6.42 Å². The number of fused-ring (bicyclic) bond motifs is 12. The van der Waals surface area contributed by atoms with Gasteiger partial charge in [-0.2, -0.15) is 0 Å². The van der Waals surface area contributed by atoms with E-state index in [2.05, 4.69) is 164 Å². The summed E-state index contributed by atoms with van der Waals surface area (Å²) in [7, 11) is 0. The summed E-state index contributed by atoms with van der Waals surface area (Å²) in [4.78, 5) is 0. The van der Waals surface area contributed by atoms with E-state index in [9.17, 15) is 0 Å². The fourth-order valence-electron chi connectivity index (χ4n) is 9.36. The molecule has 0 bridgehead atoms. The van der Waals surface area contributed by atoms with Gasteiger partial charge in [0.15, 0.2) is 0 Å². The SMILES string of the molecule is C1=Cc2cccc(-c3cccc(-c4c5ccccc5c(-c5ccc6c(c5)sc5ccc7c(ccc8c9ccccc9oc87)c56)c5ccccc45)c3)c2CC1. The number of hydrogen-bond donors (Lipinski definition) is 0. The lowest BCUT2D eigenvalue weighted by Crippen LogP contribution is -1.97. The van der Waals surface area contributed by atoms with E-state index in [4.69, 9.17) is 4.42 Å². The second-order valence-corrected chi connectivity index (χ2v) is 15.7. The molecule has 0 saturated heterocycles. The number of thiophene rings is 1. The molecule has 2 heteroatoms. The lowest BCUT2D eigenvalue weighted by molar-refractivity contribution is 0.672. The molecule has 0 unspecified atom stereocenters.